The van der Waals surface area contributed by atoms with Gasteiger partial charge in [0.05, 0.1) is 17.3 Å². The molecule has 1 aliphatic heterocycles. The maximum absolute atomic E-state index is 13.1. The van der Waals surface area contributed by atoms with Crippen LogP contribution in [0.3, 0.4) is 0 Å². The molecule has 0 radical (unpaired) electrons. The van der Waals surface area contributed by atoms with Gasteiger partial charge in [-0.25, -0.2) is 5.01 Å². The molecule has 5 nitrogen and oxygen atoms in total. The van der Waals surface area contributed by atoms with E-state index in [1.165, 1.54) is 5.01 Å². The molecular formula is C21H16BrN3O2. The van der Waals surface area contributed by atoms with Gasteiger partial charge in [-0.2, -0.15) is 5.10 Å². The summed E-state index contributed by atoms with van der Waals surface area (Å²) in [5.74, 6) is 0.000578. The Kier molecular flexibility index (Phi) is 4.73. The van der Waals surface area contributed by atoms with E-state index in [0.29, 0.717) is 12.0 Å². The van der Waals surface area contributed by atoms with Crippen LogP contribution in [0.2, 0.25) is 0 Å². The second-order valence-electron chi connectivity index (χ2n) is 6.23. The first kappa shape index (κ1) is 17.4. The maximum atomic E-state index is 13.1. The lowest BCUT2D eigenvalue weighted by atomic mass is 9.98. The first-order chi connectivity index (χ1) is 13.1. The third-order valence-electron chi connectivity index (χ3n) is 4.49. The van der Waals surface area contributed by atoms with Gasteiger partial charge in [-0.3, -0.25) is 9.78 Å². The Hall–Kier alpha value is -2.99. The predicted molar refractivity (Wildman–Crippen MR) is 107 cm³/mol. The quantitative estimate of drug-likeness (QED) is 0.674. The standard InChI is InChI=1S/C21H16BrN3O2/c22-18-6-2-1-5-17(18)20-12-19(14-7-9-16(26)10-8-14)24-25(20)21(27)15-4-3-11-23-13-15/h1-11,13,20,26H,12H2. The minimum Gasteiger partial charge on any atom is -0.508 e. The summed E-state index contributed by atoms with van der Waals surface area (Å²) >= 11 is 3.59. The van der Waals surface area contributed by atoms with Crippen molar-refractivity contribution < 1.29 is 9.90 Å². The molecule has 1 aliphatic rings. The maximum Gasteiger partial charge on any atom is 0.276 e. The highest BCUT2D eigenvalue weighted by Crippen LogP contribution is 2.37. The molecular weight excluding hydrogens is 406 g/mol. The van der Waals surface area contributed by atoms with Crippen LogP contribution in [0, 0.1) is 0 Å². The van der Waals surface area contributed by atoms with Crippen LogP contribution in [-0.4, -0.2) is 26.7 Å². The Morgan fingerprint density at radius 3 is 2.56 bits per heavy atom. The molecule has 0 bridgehead atoms. The van der Waals surface area contributed by atoms with Crippen molar-refractivity contribution in [2.45, 2.75) is 12.5 Å². The Labute approximate surface area is 165 Å². The number of amides is 1. The van der Waals surface area contributed by atoms with Gasteiger partial charge in [0.25, 0.3) is 5.91 Å². The number of aromatic nitrogens is 1. The molecule has 6 heteroatoms. The normalized spacial score (nSPS) is 16.3. The summed E-state index contributed by atoms with van der Waals surface area (Å²) in [6, 6.07) is 18.0. The van der Waals surface area contributed by atoms with E-state index in [1.54, 1.807) is 36.7 Å². The second-order valence-corrected chi connectivity index (χ2v) is 7.08. The van der Waals surface area contributed by atoms with Crippen molar-refractivity contribution in [3.05, 3.63) is 94.2 Å². The Morgan fingerprint density at radius 1 is 1.07 bits per heavy atom. The third-order valence-corrected chi connectivity index (χ3v) is 5.21. The summed E-state index contributed by atoms with van der Waals surface area (Å²) < 4.78 is 0.932. The number of carbonyl (C=O) groups is 1. The van der Waals surface area contributed by atoms with Gasteiger partial charge < -0.3 is 5.11 Å². The van der Waals surface area contributed by atoms with Crippen molar-refractivity contribution >= 4 is 27.5 Å². The molecule has 1 aromatic heterocycles. The van der Waals surface area contributed by atoms with Gasteiger partial charge in [-0.1, -0.05) is 34.1 Å². The van der Waals surface area contributed by atoms with Crippen molar-refractivity contribution in [2.24, 2.45) is 5.10 Å². The summed E-state index contributed by atoms with van der Waals surface area (Å²) in [6.07, 6.45) is 3.77. The van der Waals surface area contributed by atoms with Gasteiger partial charge in [-0.15, -0.1) is 0 Å². The van der Waals surface area contributed by atoms with Crippen LogP contribution in [0.25, 0.3) is 0 Å². The molecule has 4 rings (SSSR count). The number of hydrogen-bond acceptors (Lipinski definition) is 4. The highest BCUT2D eigenvalue weighted by molar-refractivity contribution is 9.10. The topological polar surface area (TPSA) is 65.8 Å². The number of pyridine rings is 1. The average Bonchev–Trinajstić information content (AvgIpc) is 3.14. The largest absolute Gasteiger partial charge is 0.508 e. The fourth-order valence-corrected chi connectivity index (χ4v) is 3.68. The molecule has 0 saturated carbocycles. The van der Waals surface area contributed by atoms with Gasteiger partial charge in [0.1, 0.15) is 5.75 Å². The first-order valence-electron chi connectivity index (χ1n) is 8.48. The summed E-state index contributed by atoms with van der Waals surface area (Å²) in [6.45, 7) is 0. The lowest BCUT2D eigenvalue weighted by Crippen LogP contribution is -2.27. The number of nitrogens with zero attached hydrogens (tertiary/aromatic N) is 3. The summed E-state index contributed by atoms with van der Waals surface area (Å²) in [7, 11) is 0. The molecule has 1 unspecified atom stereocenters. The molecule has 2 heterocycles. The number of aromatic hydroxyl groups is 1. The number of phenolic OH excluding ortho intramolecular Hbond substituents is 1. The van der Waals surface area contributed by atoms with E-state index in [9.17, 15) is 9.90 Å². The van der Waals surface area contributed by atoms with E-state index in [4.69, 9.17) is 0 Å². The molecule has 3 aromatic rings. The highest BCUT2D eigenvalue weighted by atomic mass is 79.9. The zero-order valence-corrected chi connectivity index (χ0v) is 15.9. The zero-order valence-electron chi connectivity index (χ0n) is 14.3. The van der Waals surface area contributed by atoms with E-state index >= 15 is 0 Å². The number of hydrogen-bond donors (Lipinski definition) is 1. The summed E-state index contributed by atoms with van der Waals surface area (Å²) in [4.78, 5) is 17.1. The van der Waals surface area contributed by atoms with Crippen LogP contribution in [0.15, 0.2) is 82.6 Å². The number of hydrazone groups is 1. The lowest BCUT2D eigenvalue weighted by Gasteiger charge is -2.23. The molecule has 0 spiro atoms. The highest BCUT2D eigenvalue weighted by Gasteiger charge is 2.34. The third kappa shape index (κ3) is 3.48. The van der Waals surface area contributed by atoms with Crippen LogP contribution in [0.5, 0.6) is 5.75 Å². The number of phenols is 1. The summed E-state index contributed by atoms with van der Waals surface area (Å²) in [5, 5.41) is 15.7. The predicted octanol–water partition coefficient (Wildman–Crippen LogP) is 4.54. The van der Waals surface area contributed by atoms with Crippen LogP contribution < -0.4 is 0 Å². The van der Waals surface area contributed by atoms with E-state index in [0.717, 1.165) is 21.3 Å². The van der Waals surface area contributed by atoms with Gasteiger partial charge in [0, 0.05) is 23.3 Å². The van der Waals surface area contributed by atoms with Crippen molar-refractivity contribution in [3.63, 3.8) is 0 Å². The molecule has 134 valence electrons. The number of carbonyl (C=O) groups excluding carboxylic acids is 1. The molecule has 2 aromatic carbocycles. The van der Waals surface area contributed by atoms with Crippen molar-refractivity contribution in [1.29, 1.82) is 0 Å². The van der Waals surface area contributed by atoms with Crippen LogP contribution in [0.1, 0.15) is 33.9 Å². The molecule has 1 amide bonds. The van der Waals surface area contributed by atoms with Crippen molar-refractivity contribution in [3.8, 4) is 5.75 Å². The molecule has 27 heavy (non-hydrogen) atoms. The molecule has 1 atom stereocenters. The SMILES string of the molecule is O=C(c1cccnc1)N1N=C(c2ccc(O)cc2)CC1c1ccccc1Br. The van der Waals surface area contributed by atoms with Gasteiger partial charge >= 0.3 is 0 Å². The van der Waals surface area contributed by atoms with Crippen LogP contribution in [0.4, 0.5) is 0 Å². The zero-order chi connectivity index (χ0) is 18.8. The molecule has 0 aliphatic carbocycles. The van der Waals surface area contributed by atoms with E-state index in [2.05, 4.69) is 26.0 Å². The van der Waals surface area contributed by atoms with Crippen LogP contribution >= 0.6 is 15.9 Å². The van der Waals surface area contributed by atoms with Crippen LogP contribution in [-0.2, 0) is 0 Å². The number of rotatable bonds is 3. The van der Waals surface area contributed by atoms with E-state index in [-0.39, 0.29) is 17.7 Å². The van der Waals surface area contributed by atoms with E-state index < -0.39 is 0 Å². The lowest BCUT2D eigenvalue weighted by molar-refractivity contribution is 0.0710. The fraction of sp³-hybridized carbons (Fsp3) is 0.0952. The number of benzene rings is 2. The van der Waals surface area contributed by atoms with Crippen molar-refractivity contribution in [2.75, 3.05) is 0 Å². The Balaban J connectivity index is 1.75. The van der Waals surface area contributed by atoms with E-state index in [1.807, 2.05) is 36.4 Å². The number of halogens is 1. The minimum absolute atomic E-state index is 0.197. The van der Waals surface area contributed by atoms with Gasteiger partial charge in [0.2, 0.25) is 0 Å². The monoisotopic (exact) mass is 421 g/mol. The first-order valence-corrected chi connectivity index (χ1v) is 9.27. The summed E-state index contributed by atoms with van der Waals surface area (Å²) in [5.41, 5.74) is 3.16. The molecule has 0 fully saturated rings. The van der Waals surface area contributed by atoms with Gasteiger partial charge in [0.15, 0.2) is 0 Å². The fourth-order valence-electron chi connectivity index (χ4n) is 3.14. The Morgan fingerprint density at radius 2 is 1.85 bits per heavy atom. The second kappa shape index (κ2) is 7.32. The Bertz CT molecular complexity index is 1000. The average molecular weight is 422 g/mol. The molecule has 1 N–H and O–H groups in total. The minimum atomic E-state index is -0.225. The van der Waals surface area contributed by atoms with Gasteiger partial charge in [-0.05, 0) is 53.6 Å². The smallest absolute Gasteiger partial charge is 0.276 e. The van der Waals surface area contributed by atoms with Crippen molar-refractivity contribution in [1.82, 2.24) is 9.99 Å². The molecule has 0 saturated heterocycles.